The predicted octanol–water partition coefficient (Wildman–Crippen LogP) is 9.87. The van der Waals surface area contributed by atoms with Gasteiger partial charge in [-0.25, -0.2) is 0 Å². The van der Waals surface area contributed by atoms with Crippen molar-refractivity contribution in [1.82, 2.24) is 9.80 Å². The molecule has 0 aromatic heterocycles. The summed E-state index contributed by atoms with van der Waals surface area (Å²) in [6, 6.07) is 0. The van der Waals surface area contributed by atoms with Crippen molar-refractivity contribution in [3.8, 4) is 0 Å². The average molecular weight is 493 g/mol. The second-order valence-electron chi connectivity index (χ2n) is 10.4. The molecule has 0 atom stereocenters. The number of rotatable bonds is 24. The van der Waals surface area contributed by atoms with Crippen LogP contribution in [-0.4, -0.2) is 34.1 Å². The molecule has 0 aromatic carbocycles. The second-order valence-corrected chi connectivity index (χ2v) is 10.4. The van der Waals surface area contributed by atoms with Crippen LogP contribution in [0.15, 0.2) is 25.2 Å². The third kappa shape index (κ3) is 27.0. The fourth-order valence-electron chi connectivity index (χ4n) is 4.67. The van der Waals surface area contributed by atoms with E-state index in [0.717, 1.165) is 13.6 Å². The third-order valence-corrected chi connectivity index (χ3v) is 6.85. The first-order chi connectivity index (χ1) is 17.1. The maximum absolute atomic E-state index is 9.00. The minimum atomic E-state index is -0.833. The zero-order chi connectivity index (χ0) is 25.8. The fraction of sp³-hybridized carbons (Fsp3) is 0.839. The molecular weight excluding hydrogens is 432 g/mol. The molecule has 0 aromatic rings. The number of nitrogens with zero attached hydrogens (tertiary/aromatic N) is 2. The Kier molecular flexibility index (Phi) is 26.0. The summed E-state index contributed by atoms with van der Waals surface area (Å²) in [5.41, 5.74) is 0. The summed E-state index contributed by atoms with van der Waals surface area (Å²) in [5.74, 6) is -0.833. The number of aliphatic carboxylic acids is 1. The van der Waals surface area contributed by atoms with E-state index < -0.39 is 5.97 Å². The van der Waals surface area contributed by atoms with Gasteiger partial charge >= 0.3 is 0 Å². The Morgan fingerprint density at radius 1 is 0.686 bits per heavy atom. The first-order valence-corrected chi connectivity index (χ1v) is 15.1. The van der Waals surface area contributed by atoms with Gasteiger partial charge in [0.05, 0.1) is 6.67 Å². The van der Waals surface area contributed by atoms with E-state index in [-0.39, 0.29) is 0 Å². The van der Waals surface area contributed by atoms with E-state index in [9.17, 15) is 0 Å². The molecule has 1 N–H and O–H groups in total. The van der Waals surface area contributed by atoms with E-state index in [4.69, 9.17) is 9.90 Å². The van der Waals surface area contributed by atoms with Crippen LogP contribution in [-0.2, 0) is 4.79 Å². The summed E-state index contributed by atoms with van der Waals surface area (Å²) >= 11 is 0. The third-order valence-electron chi connectivity index (χ3n) is 6.85. The van der Waals surface area contributed by atoms with Crippen molar-refractivity contribution < 1.29 is 9.90 Å². The van der Waals surface area contributed by atoms with Crippen molar-refractivity contribution in [2.24, 2.45) is 0 Å². The van der Waals surface area contributed by atoms with Gasteiger partial charge in [0, 0.05) is 25.9 Å². The van der Waals surface area contributed by atoms with Gasteiger partial charge < -0.3 is 14.9 Å². The Labute approximate surface area is 219 Å². The van der Waals surface area contributed by atoms with Gasteiger partial charge in [0.2, 0.25) is 0 Å². The normalized spacial score (nSPS) is 12.6. The van der Waals surface area contributed by atoms with Crippen molar-refractivity contribution in [1.29, 1.82) is 0 Å². The minimum absolute atomic E-state index is 0.833. The summed E-state index contributed by atoms with van der Waals surface area (Å²) in [6.45, 7) is 9.39. The highest BCUT2D eigenvalue weighted by Gasteiger charge is 2.08. The first-order valence-electron chi connectivity index (χ1n) is 15.1. The molecule has 1 aliphatic rings. The van der Waals surface area contributed by atoms with Crippen LogP contribution in [0.25, 0.3) is 0 Å². The highest BCUT2D eigenvalue weighted by atomic mass is 16.4. The summed E-state index contributed by atoms with van der Waals surface area (Å²) in [6.07, 6.45) is 38.2. The molecular formula is C31H60N2O2. The lowest BCUT2D eigenvalue weighted by Crippen LogP contribution is -2.22. The molecule has 0 radical (unpaired) electrons. The zero-order valence-corrected chi connectivity index (χ0v) is 23.7. The van der Waals surface area contributed by atoms with Gasteiger partial charge in [-0.2, -0.15) is 0 Å². The van der Waals surface area contributed by atoms with Gasteiger partial charge in [0.1, 0.15) is 0 Å². The quantitative estimate of drug-likeness (QED) is 0.136. The van der Waals surface area contributed by atoms with Crippen molar-refractivity contribution in [2.45, 2.75) is 155 Å². The molecule has 0 bridgehead atoms. The van der Waals surface area contributed by atoms with E-state index in [2.05, 4.69) is 35.7 Å². The van der Waals surface area contributed by atoms with Crippen LogP contribution in [0.1, 0.15) is 155 Å². The number of unbranched alkanes of at least 4 members (excludes halogenated alkanes) is 21. The largest absolute Gasteiger partial charge is 0.481 e. The van der Waals surface area contributed by atoms with Gasteiger partial charge in [0.15, 0.2) is 0 Å². The van der Waals surface area contributed by atoms with Crippen LogP contribution < -0.4 is 0 Å². The molecule has 0 aliphatic carbocycles. The molecule has 0 saturated carbocycles. The molecule has 1 heterocycles. The lowest BCUT2D eigenvalue weighted by Gasteiger charge is -2.18. The van der Waals surface area contributed by atoms with E-state index in [0.29, 0.717) is 0 Å². The lowest BCUT2D eigenvalue weighted by molar-refractivity contribution is -0.134. The molecule has 1 rings (SSSR count). The summed E-state index contributed by atoms with van der Waals surface area (Å²) in [4.78, 5) is 13.5. The smallest absolute Gasteiger partial charge is 0.300 e. The Morgan fingerprint density at radius 3 is 1.29 bits per heavy atom. The number of carbonyl (C=O) groups is 1. The standard InChI is InChI=1S/C29H56N2.C2H4O2/c1-3-5-6-7-8-9-10-11-12-13-14-15-16-17-18-19-20-21-22-23-24-25-26-31-28-27-30(4-2)29-31;1-2(3)4/h4,27-28H,2-3,5-26,29H2,1H3;1H3,(H,3,4). The van der Waals surface area contributed by atoms with Gasteiger partial charge in [-0.05, 0) is 12.6 Å². The Morgan fingerprint density at radius 2 is 1.00 bits per heavy atom. The van der Waals surface area contributed by atoms with Crippen molar-refractivity contribution in [3.63, 3.8) is 0 Å². The molecule has 0 spiro atoms. The number of hydrogen-bond donors (Lipinski definition) is 1. The van der Waals surface area contributed by atoms with E-state index in [1.807, 2.05) is 6.20 Å². The molecule has 35 heavy (non-hydrogen) atoms. The van der Waals surface area contributed by atoms with Crippen LogP contribution in [0.2, 0.25) is 0 Å². The molecule has 4 heteroatoms. The molecule has 0 amide bonds. The SMILES string of the molecule is C=CN1C=CN(CCCCCCCCCCCCCCCCCCCCCCCC)C1.CC(=O)O. The first kappa shape index (κ1) is 33.5. The fourth-order valence-corrected chi connectivity index (χ4v) is 4.67. The molecule has 4 nitrogen and oxygen atoms in total. The molecule has 206 valence electrons. The minimum Gasteiger partial charge on any atom is -0.481 e. The average Bonchev–Trinajstić information content (AvgIpc) is 3.30. The predicted molar refractivity (Wildman–Crippen MR) is 153 cm³/mol. The second kappa shape index (κ2) is 27.1. The van der Waals surface area contributed by atoms with E-state index >= 15 is 0 Å². The topological polar surface area (TPSA) is 43.8 Å². The number of hydrogen-bond acceptors (Lipinski definition) is 3. The van der Waals surface area contributed by atoms with Gasteiger partial charge in [-0.1, -0.05) is 148 Å². The number of carboxylic acids is 1. The molecule has 0 fully saturated rings. The maximum Gasteiger partial charge on any atom is 0.300 e. The summed E-state index contributed by atoms with van der Waals surface area (Å²) in [7, 11) is 0. The van der Waals surface area contributed by atoms with E-state index in [1.165, 1.54) is 148 Å². The number of carboxylic acid groups (broad SMARTS) is 1. The highest BCUT2D eigenvalue weighted by molar-refractivity contribution is 5.62. The van der Waals surface area contributed by atoms with Crippen LogP contribution >= 0.6 is 0 Å². The monoisotopic (exact) mass is 492 g/mol. The Bertz CT molecular complexity index is 488. The molecule has 0 saturated heterocycles. The lowest BCUT2D eigenvalue weighted by atomic mass is 10.0. The Hall–Kier alpha value is -1.45. The Balaban J connectivity index is 0.00000267. The highest BCUT2D eigenvalue weighted by Crippen LogP contribution is 2.15. The van der Waals surface area contributed by atoms with Crippen molar-refractivity contribution >= 4 is 5.97 Å². The van der Waals surface area contributed by atoms with Crippen LogP contribution in [0.3, 0.4) is 0 Å². The van der Waals surface area contributed by atoms with Crippen molar-refractivity contribution in [2.75, 3.05) is 13.2 Å². The zero-order valence-electron chi connectivity index (χ0n) is 23.7. The van der Waals surface area contributed by atoms with Gasteiger partial charge in [-0.15, -0.1) is 0 Å². The van der Waals surface area contributed by atoms with Crippen LogP contribution in [0.4, 0.5) is 0 Å². The van der Waals surface area contributed by atoms with Gasteiger partial charge in [-0.3, -0.25) is 4.79 Å². The summed E-state index contributed by atoms with van der Waals surface area (Å²) in [5, 5.41) is 7.42. The van der Waals surface area contributed by atoms with Crippen LogP contribution in [0.5, 0.6) is 0 Å². The van der Waals surface area contributed by atoms with Crippen molar-refractivity contribution in [3.05, 3.63) is 25.2 Å². The van der Waals surface area contributed by atoms with Gasteiger partial charge in [0.25, 0.3) is 5.97 Å². The van der Waals surface area contributed by atoms with Crippen LogP contribution in [0, 0.1) is 0 Å². The molecule has 1 aliphatic heterocycles. The van der Waals surface area contributed by atoms with E-state index in [1.54, 1.807) is 0 Å². The molecule has 0 unspecified atom stereocenters. The maximum atomic E-state index is 9.00. The summed E-state index contributed by atoms with van der Waals surface area (Å²) < 4.78 is 0.